The van der Waals surface area contributed by atoms with E-state index in [0.29, 0.717) is 18.7 Å². The van der Waals surface area contributed by atoms with Crippen molar-refractivity contribution in [1.29, 1.82) is 0 Å². The Balaban J connectivity index is 2.91. The third-order valence-electron chi connectivity index (χ3n) is 2.36. The van der Waals surface area contributed by atoms with Gasteiger partial charge in [0.1, 0.15) is 5.56 Å². The molecule has 1 aromatic carbocycles. The SMILES string of the molecule is Cc1cccc([N+](=O)[O-])c1C(=O)NC/C=C/CN. The number of carbonyl (C=O) groups is 1. The summed E-state index contributed by atoms with van der Waals surface area (Å²) < 4.78 is 0. The lowest BCUT2D eigenvalue weighted by Gasteiger charge is -2.06. The van der Waals surface area contributed by atoms with Crippen molar-refractivity contribution in [3.05, 3.63) is 51.6 Å². The molecule has 1 aromatic rings. The number of hydrogen-bond donors (Lipinski definition) is 2. The predicted octanol–water partition coefficient (Wildman–Crippen LogP) is 1.15. The van der Waals surface area contributed by atoms with Gasteiger partial charge in [0.2, 0.25) is 0 Å². The number of carbonyl (C=O) groups excluding carboxylic acids is 1. The second-order valence-corrected chi connectivity index (χ2v) is 3.64. The number of nitrogens with zero attached hydrogens (tertiary/aromatic N) is 1. The lowest BCUT2D eigenvalue weighted by Crippen LogP contribution is -2.25. The Labute approximate surface area is 105 Å². The van der Waals surface area contributed by atoms with E-state index < -0.39 is 10.8 Å². The van der Waals surface area contributed by atoms with Crippen molar-refractivity contribution in [2.75, 3.05) is 13.1 Å². The number of nitro groups is 1. The molecule has 0 bridgehead atoms. The van der Waals surface area contributed by atoms with Gasteiger partial charge in [-0.3, -0.25) is 14.9 Å². The van der Waals surface area contributed by atoms with Gasteiger partial charge >= 0.3 is 0 Å². The number of nitrogens with one attached hydrogen (secondary N) is 1. The monoisotopic (exact) mass is 249 g/mol. The van der Waals surface area contributed by atoms with Gasteiger partial charge in [-0.25, -0.2) is 0 Å². The largest absolute Gasteiger partial charge is 0.348 e. The van der Waals surface area contributed by atoms with Crippen LogP contribution in [0.25, 0.3) is 0 Å². The summed E-state index contributed by atoms with van der Waals surface area (Å²) in [6.45, 7) is 2.35. The summed E-state index contributed by atoms with van der Waals surface area (Å²) in [4.78, 5) is 22.2. The molecule has 96 valence electrons. The molecule has 1 amide bonds. The summed E-state index contributed by atoms with van der Waals surface area (Å²) >= 11 is 0. The minimum Gasteiger partial charge on any atom is -0.348 e. The molecule has 6 nitrogen and oxygen atoms in total. The van der Waals surface area contributed by atoms with E-state index in [-0.39, 0.29) is 11.3 Å². The first-order valence-electron chi connectivity index (χ1n) is 5.45. The average Bonchev–Trinajstić information content (AvgIpc) is 2.34. The molecule has 6 heteroatoms. The van der Waals surface area contributed by atoms with Gasteiger partial charge < -0.3 is 11.1 Å². The summed E-state index contributed by atoms with van der Waals surface area (Å²) in [5, 5.41) is 13.4. The Morgan fingerprint density at radius 1 is 1.50 bits per heavy atom. The fourth-order valence-electron chi connectivity index (χ4n) is 1.52. The molecule has 0 atom stereocenters. The van der Waals surface area contributed by atoms with Gasteiger partial charge in [-0.05, 0) is 12.5 Å². The summed E-state index contributed by atoms with van der Waals surface area (Å²) in [5.41, 5.74) is 5.74. The van der Waals surface area contributed by atoms with Crippen LogP contribution in [0.1, 0.15) is 15.9 Å². The van der Waals surface area contributed by atoms with E-state index in [2.05, 4.69) is 5.32 Å². The fraction of sp³-hybridized carbons (Fsp3) is 0.250. The highest BCUT2D eigenvalue weighted by molar-refractivity contribution is 5.99. The van der Waals surface area contributed by atoms with Gasteiger partial charge in [0, 0.05) is 19.2 Å². The maximum Gasteiger partial charge on any atom is 0.282 e. The first-order valence-corrected chi connectivity index (χ1v) is 5.45. The van der Waals surface area contributed by atoms with Crippen LogP contribution in [0.4, 0.5) is 5.69 Å². The molecule has 0 fully saturated rings. The second-order valence-electron chi connectivity index (χ2n) is 3.64. The lowest BCUT2D eigenvalue weighted by molar-refractivity contribution is -0.385. The first kappa shape index (κ1) is 13.9. The molecule has 0 saturated carbocycles. The van der Waals surface area contributed by atoms with Crippen LogP contribution in [0.3, 0.4) is 0 Å². The van der Waals surface area contributed by atoms with Crippen LogP contribution in [-0.2, 0) is 0 Å². The zero-order valence-electron chi connectivity index (χ0n) is 10.1. The Bertz CT molecular complexity index is 483. The molecular formula is C12H15N3O3. The van der Waals surface area contributed by atoms with Crippen LogP contribution in [0.2, 0.25) is 0 Å². The molecule has 0 aromatic heterocycles. The predicted molar refractivity (Wildman–Crippen MR) is 68.4 cm³/mol. The van der Waals surface area contributed by atoms with E-state index in [1.54, 1.807) is 31.2 Å². The number of aryl methyl sites for hydroxylation is 1. The Morgan fingerprint density at radius 2 is 2.22 bits per heavy atom. The van der Waals surface area contributed by atoms with Crippen molar-refractivity contribution >= 4 is 11.6 Å². The standard InChI is InChI=1S/C12H15N3O3/c1-9-5-4-6-10(15(17)18)11(9)12(16)14-8-3-2-7-13/h2-6H,7-8,13H2,1H3,(H,14,16)/b3-2+. The minimum absolute atomic E-state index is 0.101. The van der Waals surface area contributed by atoms with Crippen molar-refractivity contribution in [3.8, 4) is 0 Å². The van der Waals surface area contributed by atoms with Gasteiger partial charge in [-0.15, -0.1) is 0 Å². The van der Waals surface area contributed by atoms with Gasteiger partial charge in [0.25, 0.3) is 11.6 Å². The van der Waals surface area contributed by atoms with Crippen molar-refractivity contribution in [3.63, 3.8) is 0 Å². The smallest absolute Gasteiger partial charge is 0.282 e. The zero-order valence-corrected chi connectivity index (χ0v) is 10.1. The highest BCUT2D eigenvalue weighted by Crippen LogP contribution is 2.21. The van der Waals surface area contributed by atoms with Gasteiger partial charge in [-0.1, -0.05) is 24.3 Å². The normalized spacial score (nSPS) is 10.6. The van der Waals surface area contributed by atoms with E-state index in [4.69, 9.17) is 5.73 Å². The number of rotatable bonds is 5. The number of benzene rings is 1. The van der Waals surface area contributed by atoms with Crippen LogP contribution in [0, 0.1) is 17.0 Å². The molecule has 0 saturated heterocycles. The topological polar surface area (TPSA) is 98.3 Å². The molecule has 3 N–H and O–H groups in total. The van der Waals surface area contributed by atoms with E-state index in [1.807, 2.05) is 0 Å². The number of hydrogen-bond acceptors (Lipinski definition) is 4. The molecule has 0 heterocycles. The Hall–Kier alpha value is -2.21. The third kappa shape index (κ3) is 3.39. The molecular weight excluding hydrogens is 234 g/mol. The van der Waals surface area contributed by atoms with Crippen molar-refractivity contribution < 1.29 is 9.72 Å². The van der Waals surface area contributed by atoms with Crippen LogP contribution in [0.5, 0.6) is 0 Å². The average molecular weight is 249 g/mol. The lowest BCUT2D eigenvalue weighted by atomic mass is 10.1. The number of nitro benzene ring substituents is 1. The van der Waals surface area contributed by atoms with Crippen LogP contribution < -0.4 is 11.1 Å². The molecule has 0 aliphatic rings. The number of amides is 1. The van der Waals surface area contributed by atoms with E-state index >= 15 is 0 Å². The fourth-order valence-corrected chi connectivity index (χ4v) is 1.52. The minimum atomic E-state index is -0.558. The van der Waals surface area contributed by atoms with E-state index in [9.17, 15) is 14.9 Å². The summed E-state index contributed by atoms with van der Waals surface area (Å²) in [7, 11) is 0. The summed E-state index contributed by atoms with van der Waals surface area (Å²) in [5.74, 6) is -0.457. The van der Waals surface area contributed by atoms with E-state index in [1.165, 1.54) is 6.07 Å². The second kappa shape index (κ2) is 6.51. The zero-order chi connectivity index (χ0) is 13.5. The Kier molecular flexibility index (Phi) is 5.01. The first-order chi connectivity index (χ1) is 8.57. The Morgan fingerprint density at radius 3 is 2.83 bits per heavy atom. The van der Waals surface area contributed by atoms with Crippen LogP contribution in [0.15, 0.2) is 30.4 Å². The maximum absolute atomic E-state index is 11.9. The number of nitrogens with two attached hydrogens (primary N) is 1. The molecule has 0 aliphatic heterocycles. The van der Waals surface area contributed by atoms with Crippen molar-refractivity contribution in [2.24, 2.45) is 5.73 Å². The molecule has 18 heavy (non-hydrogen) atoms. The van der Waals surface area contributed by atoms with Crippen LogP contribution in [-0.4, -0.2) is 23.9 Å². The van der Waals surface area contributed by atoms with Crippen LogP contribution >= 0.6 is 0 Å². The third-order valence-corrected chi connectivity index (χ3v) is 2.36. The molecule has 0 radical (unpaired) electrons. The quantitative estimate of drug-likeness (QED) is 0.464. The highest BCUT2D eigenvalue weighted by Gasteiger charge is 2.21. The maximum atomic E-state index is 11.9. The molecule has 0 aliphatic carbocycles. The molecule has 1 rings (SSSR count). The van der Waals surface area contributed by atoms with Gasteiger partial charge in [-0.2, -0.15) is 0 Å². The van der Waals surface area contributed by atoms with Gasteiger partial charge in [0.15, 0.2) is 0 Å². The van der Waals surface area contributed by atoms with E-state index in [0.717, 1.165) is 0 Å². The van der Waals surface area contributed by atoms with Crippen molar-refractivity contribution in [2.45, 2.75) is 6.92 Å². The molecule has 0 spiro atoms. The summed E-state index contributed by atoms with van der Waals surface area (Å²) in [6, 6.07) is 4.54. The summed E-state index contributed by atoms with van der Waals surface area (Å²) in [6.07, 6.45) is 3.40. The van der Waals surface area contributed by atoms with Gasteiger partial charge in [0.05, 0.1) is 4.92 Å². The van der Waals surface area contributed by atoms with Crippen molar-refractivity contribution in [1.82, 2.24) is 5.32 Å². The highest BCUT2D eigenvalue weighted by atomic mass is 16.6. The molecule has 0 unspecified atom stereocenters.